The summed E-state index contributed by atoms with van der Waals surface area (Å²) in [5, 5.41) is 0.676. The lowest BCUT2D eigenvalue weighted by Gasteiger charge is -2.05. The van der Waals surface area contributed by atoms with Gasteiger partial charge in [0.2, 0.25) is 0 Å². The van der Waals surface area contributed by atoms with Crippen molar-refractivity contribution in [3.8, 4) is 22.5 Å². The molecule has 0 saturated carbocycles. The third-order valence-corrected chi connectivity index (χ3v) is 3.28. The lowest BCUT2D eigenvalue weighted by Crippen LogP contribution is -1.90. The highest BCUT2D eigenvalue weighted by molar-refractivity contribution is 6.33. The lowest BCUT2D eigenvalue weighted by atomic mass is 10.0. The van der Waals surface area contributed by atoms with Crippen LogP contribution in [0.2, 0.25) is 10.3 Å². The van der Waals surface area contributed by atoms with Gasteiger partial charge in [-0.15, -0.1) is 0 Å². The topological polar surface area (TPSA) is 25.8 Å². The molecule has 0 aliphatic rings. The molecule has 3 rings (SSSR count). The minimum absolute atomic E-state index is 0.338. The number of halogens is 2. The third-order valence-electron chi connectivity index (χ3n) is 2.89. The first kappa shape index (κ1) is 13.1. The molecular formula is C16H10Cl2N2. The third kappa shape index (κ3) is 2.82. The lowest BCUT2D eigenvalue weighted by molar-refractivity contribution is 1.18. The highest BCUT2D eigenvalue weighted by Crippen LogP contribution is 2.26. The minimum Gasteiger partial charge on any atom is -0.216 e. The van der Waals surface area contributed by atoms with E-state index in [2.05, 4.69) is 22.1 Å². The van der Waals surface area contributed by atoms with Crippen LogP contribution in [0.5, 0.6) is 0 Å². The molecule has 0 spiro atoms. The van der Waals surface area contributed by atoms with Crippen molar-refractivity contribution in [2.45, 2.75) is 0 Å². The molecule has 0 bridgehead atoms. The molecule has 2 nitrogen and oxygen atoms in total. The van der Waals surface area contributed by atoms with Crippen LogP contribution in [0, 0.1) is 0 Å². The van der Waals surface area contributed by atoms with Crippen molar-refractivity contribution in [3.05, 3.63) is 71.0 Å². The number of benzene rings is 2. The van der Waals surface area contributed by atoms with Gasteiger partial charge in [0.25, 0.3) is 0 Å². The van der Waals surface area contributed by atoms with Crippen LogP contribution in [0.15, 0.2) is 60.7 Å². The summed E-state index contributed by atoms with van der Waals surface area (Å²) in [4.78, 5) is 8.42. The van der Waals surface area contributed by atoms with E-state index in [1.807, 2.05) is 42.5 Å². The fraction of sp³-hybridized carbons (Fsp3) is 0. The van der Waals surface area contributed by atoms with Crippen LogP contribution in [0.25, 0.3) is 22.5 Å². The molecule has 20 heavy (non-hydrogen) atoms. The number of hydrogen-bond donors (Lipinski definition) is 0. The first-order chi connectivity index (χ1) is 9.72. The van der Waals surface area contributed by atoms with Crippen LogP contribution in [0.3, 0.4) is 0 Å². The van der Waals surface area contributed by atoms with E-state index in [4.69, 9.17) is 23.2 Å². The molecule has 1 heterocycles. The number of aromatic nitrogens is 2. The van der Waals surface area contributed by atoms with Gasteiger partial charge in [-0.05, 0) is 17.2 Å². The van der Waals surface area contributed by atoms with Crippen LogP contribution in [0.4, 0.5) is 0 Å². The summed E-state index contributed by atoms with van der Waals surface area (Å²) < 4.78 is 0. The highest BCUT2D eigenvalue weighted by atomic mass is 35.5. The first-order valence-corrected chi connectivity index (χ1v) is 6.84. The Hall–Kier alpha value is -1.90. The van der Waals surface area contributed by atoms with Crippen molar-refractivity contribution < 1.29 is 0 Å². The predicted octanol–water partition coefficient (Wildman–Crippen LogP) is 5.12. The van der Waals surface area contributed by atoms with Gasteiger partial charge in [-0.25, -0.2) is 9.97 Å². The zero-order valence-electron chi connectivity index (χ0n) is 10.4. The molecule has 0 aliphatic carbocycles. The van der Waals surface area contributed by atoms with E-state index in [9.17, 15) is 0 Å². The van der Waals surface area contributed by atoms with Gasteiger partial charge >= 0.3 is 0 Å². The van der Waals surface area contributed by atoms with E-state index >= 15 is 0 Å². The Morgan fingerprint density at radius 3 is 1.90 bits per heavy atom. The molecule has 0 radical (unpaired) electrons. The predicted molar refractivity (Wildman–Crippen MR) is 82.9 cm³/mol. The summed E-state index contributed by atoms with van der Waals surface area (Å²) in [7, 11) is 0. The van der Waals surface area contributed by atoms with Crippen molar-refractivity contribution in [2.24, 2.45) is 0 Å². The Bertz CT molecular complexity index is 722. The molecule has 0 aliphatic heterocycles. The van der Waals surface area contributed by atoms with Gasteiger partial charge in [0, 0.05) is 11.6 Å². The smallest absolute Gasteiger partial charge is 0.162 e. The van der Waals surface area contributed by atoms with Gasteiger partial charge in [-0.2, -0.15) is 0 Å². The van der Waals surface area contributed by atoms with Crippen molar-refractivity contribution in [2.75, 3.05) is 0 Å². The van der Waals surface area contributed by atoms with E-state index in [1.165, 1.54) is 6.07 Å². The summed E-state index contributed by atoms with van der Waals surface area (Å²) in [6.07, 6.45) is 0. The molecule has 4 heteroatoms. The molecule has 98 valence electrons. The molecule has 0 saturated heterocycles. The van der Waals surface area contributed by atoms with E-state index < -0.39 is 0 Å². The fourth-order valence-corrected chi connectivity index (χ4v) is 2.41. The van der Waals surface area contributed by atoms with Crippen molar-refractivity contribution in [1.29, 1.82) is 0 Å². The number of nitrogens with zero attached hydrogens (tertiary/aromatic N) is 2. The summed E-state index contributed by atoms with van der Waals surface area (Å²) in [6, 6.07) is 19.6. The Balaban J connectivity index is 2.07. The van der Waals surface area contributed by atoms with Crippen LogP contribution >= 0.6 is 23.2 Å². The normalized spacial score (nSPS) is 10.5. The van der Waals surface area contributed by atoms with Crippen LogP contribution in [-0.2, 0) is 0 Å². The second-order valence-electron chi connectivity index (χ2n) is 4.28. The number of hydrogen-bond acceptors (Lipinski definition) is 2. The zero-order valence-corrected chi connectivity index (χ0v) is 11.9. The molecule has 1 aromatic heterocycles. The van der Waals surface area contributed by atoms with Crippen LogP contribution in [0.1, 0.15) is 0 Å². The second-order valence-corrected chi connectivity index (χ2v) is 5.06. The van der Waals surface area contributed by atoms with Crippen molar-refractivity contribution in [1.82, 2.24) is 9.97 Å². The largest absolute Gasteiger partial charge is 0.216 e. The maximum absolute atomic E-state index is 5.92. The van der Waals surface area contributed by atoms with Gasteiger partial charge in [0.15, 0.2) is 5.82 Å². The number of rotatable bonds is 2. The maximum Gasteiger partial charge on any atom is 0.162 e. The van der Waals surface area contributed by atoms with Crippen molar-refractivity contribution >= 4 is 23.2 Å². The summed E-state index contributed by atoms with van der Waals surface area (Å²) in [6.45, 7) is 0. The van der Waals surface area contributed by atoms with E-state index in [0.29, 0.717) is 16.1 Å². The Morgan fingerprint density at radius 2 is 1.20 bits per heavy atom. The summed E-state index contributed by atoms with van der Waals surface area (Å²) >= 11 is 11.8. The second kappa shape index (κ2) is 5.61. The minimum atomic E-state index is 0.338. The standard InChI is InChI=1S/C16H10Cl2N2/c17-14-10-15(18)20-16(19-14)13-8-4-7-12(9-13)11-5-2-1-3-6-11/h1-10H. The van der Waals surface area contributed by atoms with Gasteiger partial charge in [-0.1, -0.05) is 71.7 Å². The molecule has 0 N–H and O–H groups in total. The molecular weight excluding hydrogens is 291 g/mol. The molecule has 0 atom stereocenters. The first-order valence-electron chi connectivity index (χ1n) is 6.08. The van der Waals surface area contributed by atoms with Gasteiger partial charge in [0.05, 0.1) is 0 Å². The Kier molecular flexibility index (Phi) is 3.68. The van der Waals surface area contributed by atoms with Gasteiger partial charge in [-0.3, -0.25) is 0 Å². The summed E-state index contributed by atoms with van der Waals surface area (Å²) in [5.41, 5.74) is 3.13. The van der Waals surface area contributed by atoms with Gasteiger partial charge < -0.3 is 0 Å². The Labute approximate surface area is 127 Å². The van der Waals surface area contributed by atoms with Crippen LogP contribution in [-0.4, -0.2) is 9.97 Å². The summed E-state index contributed by atoms with van der Waals surface area (Å²) in [5.74, 6) is 0.528. The highest BCUT2D eigenvalue weighted by Gasteiger charge is 2.06. The van der Waals surface area contributed by atoms with E-state index in [0.717, 1.165) is 16.7 Å². The van der Waals surface area contributed by atoms with Gasteiger partial charge in [0.1, 0.15) is 10.3 Å². The maximum atomic E-state index is 5.92. The molecule has 2 aromatic carbocycles. The quantitative estimate of drug-likeness (QED) is 0.614. The molecule has 0 amide bonds. The monoisotopic (exact) mass is 300 g/mol. The zero-order chi connectivity index (χ0) is 13.9. The van der Waals surface area contributed by atoms with E-state index in [1.54, 1.807) is 0 Å². The Morgan fingerprint density at radius 1 is 0.600 bits per heavy atom. The molecule has 0 unspecified atom stereocenters. The SMILES string of the molecule is Clc1cc(Cl)nc(-c2cccc(-c3ccccc3)c2)n1. The fourth-order valence-electron chi connectivity index (χ4n) is 1.99. The van der Waals surface area contributed by atoms with Crippen LogP contribution < -0.4 is 0 Å². The molecule has 0 fully saturated rings. The van der Waals surface area contributed by atoms with Crippen molar-refractivity contribution in [3.63, 3.8) is 0 Å². The molecule has 3 aromatic rings. The average Bonchev–Trinajstić information content (AvgIpc) is 2.47. The average molecular weight is 301 g/mol. The van der Waals surface area contributed by atoms with E-state index in [-0.39, 0.29) is 0 Å².